The molecule has 0 aliphatic carbocycles. The zero-order valence-corrected chi connectivity index (χ0v) is 37.2. The summed E-state index contributed by atoms with van der Waals surface area (Å²) in [5, 5.41) is 18.5. The fraction of sp³-hybridized carbons (Fsp3) is 0.652. The van der Waals surface area contributed by atoms with Gasteiger partial charge in [-0.1, -0.05) is 93.2 Å². The Morgan fingerprint density at radius 2 is 0.855 bits per heavy atom. The fourth-order valence-corrected chi connectivity index (χ4v) is 6.08. The first kappa shape index (κ1) is 52.9. The standard InChI is InChI=1S/C46H79O8P/c1-37(2)17-11-19-39(5)21-13-23-41(7)25-15-27-43(9)29-31-51-35-46(36-54-55(49,50)53-34-45(48)33-47)52-32-30-44(10)28-16-26-42(8)24-14-22-40(6)20-12-18-38(3)4/h17-18,21-22,25-26,29-30,45-48H,11-16,19-20,23-24,27-28,31-36H2,1-10H3,(H,49,50)/b39-21+,40-22+,41-25+,42-26+,43-29+,44-30+/t45-,46+/m1/s1. The third-order valence-electron chi connectivity index (χ3n) is 8.99. The van der Waals surface area contributed by atoms with E-state index in [0.717, 1.165) is 77.0 Å². The summed E-state index contributed by atoms with van der Waals surface area (Å²) in [7, 11) is -4.47. The van der Waals surface area contributed by atoms with Crippen molar-refractivity contribution in [3.63, 3.8) is 0 Å². The third-order valence-corrected chi connectivity index (χ3v) is 9.94. The summed E-state index contributed by atoms with van der Waals surface area (Å²) in [6.07, 6.45) is 28.6. The molecule has 316 valence electrons. The molecule has 0 saturated heterocycles. The predicted octanol–water partition coefficient (Wildman–Crippen LogP) is 12.2. The molecule has 8 nitrogen and oxygen atoms in total. The highest BCUT2D eigenvalue weighted by Gasteiger charge is 2.25. The van der Waals surface area contributed by atoms with Crippen LogP contribution in [-0.4, -0.2) is 67.0 Å². The lowest BCUT2D eigenvalue weighted by Gasteiger charge is -2.20. The van der Waals surface area contributed by atoms with E-state index in [1.54, 1.807) is 0 Å². The highest BCUT2D eigenvalue weighted by molar-refractivity contribution is 7.47. The van der Waals surface area contributed by atoms with Gasteiger partial charge < -0.3 is 24.6 Å². The Hall–Kier alpha value is -2.13. The number of hydrogen-bond donors (Lipinski definition) is 3. The fourth-order valence-electron chi connectivity index (χ4n) is 5.29. The minimum absolute atomic E-state index is 0.154. The van der Waals surface area contributed by atoms with Gasteiger partial charge in [0, 0.05) is 0 Å². The van der Waals surface area contributed by atoms with Crippen LogP contribution in [-0.2, 0) is 23.1 Å². The highest BCUT2D eigenvalue weighted by atomic mass is 31.2. The minimum Gasteiger partial charge on any atom is -0.394 e. The first-order valence-electron chi connectivity index (χ1n) is 20.3. The molecule has 0 aliphatic heterocycles. The van der Waals surface area contributed by atoms with Crippen molar-refractivity contribution in [2.24, 2.45) is 0 Å². The topological polar surface area (TPSA) is 115 Å². The molecule has 0 radical (unpaired) electrons. The van der Waals surface area contributed by atoms with E-state index < -0.39 is 33.2 Å². The normalized spacial score (nSPS) is 15.9. The SMILES string of the molecule is CC(C)=CCC/C(C)=C/CC/C(C)=C/CC/C(C)=C/COC[C@@H](COP(=O)(O)OC[C@H](O)CO)OC/C=C(\C)CC/C=C(\C)CC/C=C(\C)CCC=C(C)C. The number of hydrogen-bond acceptors (Lipinski definition) is 7. The molecule has 0 bridgehead atoms. The Labute approximate surface area is 336 Å². The molecule has 0 saturated carbocycles. The van der Waals surface area contributed by atoms with Crippen LogP contribution in [0.1, 0.15) is 146 Å². The molecule has 1 unspecified atom stereocenters. The lowest BCUT2D eigenvalue weighted by Crippen LogP contribution is -2.26. The molecule has 0 aromatic carbocycles. The van der Waals surface area contributed by atoms with Crippen LogP contribution in [0, 0.1) is 0 Å². The zero-order valence-electron chi connectivity index (χ0n) is 36.3. The van der Waals surface area contributed by atoms with Gasteiger partial charge in [0.25, 0.3) is 0 Å². The summed E-state index contributed by atoms with van der Waals surface area (Å²) in [6, 6.07) is 0. The van der Waals surface area contributed by atoms with E-state index in [1.165, 1.54) is 44.6 Å². The molecular weight excluding hydrogens is 711 g/mol. The Balaban J connectivity index is 4.94. The van der Waals surface area contributed by atoms with Crippen LogP contribution >= 0.6 is 7.82 Å². The second-order valence-electron chi connectivity index (χ2n) is 15.5. The van der Waals surface area contributed by atoms with E-state index in [1.807, 2.05) is 6.08 Å². The van der Waals surface area contributed by atoms with E-state index in [9.17, 15) is 14.6 Å². The number of ether oxygens (including phenoxy) is 2. The maximum absolute atomic E-state index is 12.4. The van der Waals surface area contributed by atoms with Crippen LogP contribution in [0.3, 0.4) is 0 Å². The first-order valence-corrected chi connectivity index (χ1v) is 21.8. The Kier molecular flexibility index (Phi) is 31.6. The van der Waals surface area contributed by atoms with Gasteiger partial charge in [0.2, 0.25) is 0 Å². The van der Waals surface area contributed by atoms with Crippen molar-refractivity contribution in [3.8, 4) is 0 Å². The summed E-state index contributed by atoms with van der Waals surface area (Å²) < 4.78 is 34.2. The van der Waals surface area contributed by atoms with E-state index in [0.29, 0.717) is 13.2 Å². The molecule has 0 aromatic rings. The second-order valence-corrected chi connectivity index (χ2v) is 16.9. The van der Waals surface area contributed by atoms with Crippen molar-refractivity contribution in [2.75, 3.05) is 39.6 Å². The molecule has 0 amide bonds. The number of aliphatic hydroxyl groups is 2. The van der Waals surface area contributed by atoms with Gasteiger partial charge in [-0.25, -0.2) is 4.57 Å². The van der Waals surface area contributed by atoms with Crippen LogP contribution in [0.25, 0.3) is 0 Å². The summed E-state index contributed by atoms with van der Waals surface area (Å²) >= 11 is 0. The van der Waals surface area contributed by atoms with Crippen molar-refractivity contribution in [3.05, 3.63) is 93.2 Å². The summed E-state index contributed by atoms with van der Waals surface area (Å²) in [5.41, 5.74) is 10.9. The van der Waals surface area contributed by atoms with Gasteiger partial charge >= 0.3 is 7.82 Å². The molecule has 0 heterocycles. The minimum atomic E-state index is -4.47. The van der Waals surface area contributed by atoms with E-state index in [2.05, 4.69) is 112 Å². The zero-order chi connectivity index (χ0) is 41.5. The van der Waals surface area contributed by atoms with Crippen LogP contribution in [0.4, 0.5) is 0 Å². The van der Waals surface area contributed by atoms with E-state index in [4.69, 9.17) is 23.6 Å². The number of phosphoric acid groups is 1. The average molecular weight is 791 g/mol. The van der Waals surface area contributed by atoms with E-state index >= 15 is 0 Å². The van der Waals surface area contributed by atoms with Crippen molar-refractivity contribution in [1.82, 2.24) is 0 Å². The number of aliphatic hydroxyl groups excluding tert-OH is 2. The molecule has 0 spiro atoms. The van der Waals surface area contributed by atoms with Crippen molar-refractivity contribution >= 4 is 7.82 Å². The summed E-state index contributed by atoms with van der Waals surface area (Å²) in [6.45, 7) is 21.1. The lowest BCUT2D eigenvalue weighted by molar-refractivity contribution is -0.0314. The second kappa shape index (κ2) is 32.9. The van der Waals surface area contributed by atoms with Crippen molar-refractivity contribution in [1.29, 1.82) is 0 Å². The maximum Gasteiger partial charge on any atom is 0.472 e. The first-order chi connectivity index (χ1) is 26.0. The Bertz CT molecular complexity index is 1340. The van der Waals surface area contributed by atoms with Crippen molar-refractivity contribution in [2.45, 2.75) is 158 Å². The predicted molar refractivity (Wildman–Crippen MR) is 232 cm³/mol. The number of allylic oxidation sites excluding steroid dienone is 14. The van der Waals surface area contributed by atoms with Crippen molar-refractivity contribution < 1.29 is 38.2 Å². The molecule has 0 aromatic heterocycles. The van der Waals surface area contributed by atoms with Crippen LogP contribution in [0.2, 0.25) is 0 Å². The molecule has 3 N–H and O–H groups in total. The molecule has 0 rings (SSSR count). The van der Waals surface area contributed by atoms with E-state index in [-0.39, 0.29) is 13.2 Å². The molecule has 3 atom stereocenters. The number of phosphoric ester groups is 1. The largest absolute Gasteiger partial charge is 0.472 e. The lowest BCUT2D eigenvalue weighted by atomic mass is 10.0. The third kappa shape index (κ3) is 34.8. The van der Waals surface area contributed by atoms with Gasteiger partial charge in [0.15, 0.2) is 0 Å². The molecule has 0 fully saturated rings. The smallest absolute Gasteiger partial charge is 0.394 e. The van der Waals surface area contributed by atoms with Gasteiger partial charge in [-0.2, -0.15) is 0 Å². The van der Waals surface area contributed by atoms with Crippen LogP contribution < -0.4 is 0 Å². The highest BCUT2D eigenvalue weighted by Crippen LogP contribution is 2.43. The molecule has 9 heteroatoms. The van der Waals surface area contributed by atoms with Gasteiger partial charge in [0.1, 0.15) is 12.2 Å². The monoisotopic (exact) mass is 791 g/mol. The Morgan fingerprint density at radius 1 is 0.509 bits per heavy atom. The molecule has 0 aliphatic rings. The Morgan fingerprint density at radius 3 is 1.24 bits per heavy atom. The summed E-state index contributed by atoms with van der Waals surface area (Å²) in [4.78, 5) is 10.1. The van der Waals surface area contributed by atoms with Crippen LogP contribution in [0.5, 0.6) is 0 Å². The van der Waals surface area contributed by atoms with Gasteiger partial charge in [-0.15, -0.1) is 0 Å². The molecular formula is C46H79O8P. The summed E-state index contributed by atoms with van der Waals surface area (Å²) in [5.74, 6) is 0. The van der Waals surface area contributed by atoms with Crippen LogP contribution in [0.15, 0.2) is 93.2 Å². The number of rotatable bonds is 32. The van der Waals surface area contributed by atoms with Gasteiger partial charge in [0.05, 0.1) is 39.6 Å². The van der Waals surface area contributed by atoms with Gasteiger partial charge in [-0.3, -0.25) is 9.05 Å². The average Bonchev–Trinajstić information content (AvgIpc) is 3.10. The van der Waals surface area contributed by atoms with Gasteiger partial charge in [-0.05, 0) is 146 Å². The maximum atomic E-state index is 12.4. The molecule has 55 heavy (non-hydrogen) atoms. The quantitative estimate of drug-likeness (QED) is 0.0351.